The lowest BCUT2D eigenvalue weighted by Crippen LogP contribution is -2.24. The van der Waals surface area contributed by atoms with E-state index in [2.05, 4.69) is 16.9 Å². The highest BCUT2D eigenvalue weighted by Gasteiger charge is 2.12. The first kappa shape index (κ1) is 11.6. The van der Waals surface area contributed by atoms with Gasteiger partial charge in [-0.1, -0.05) is 6.08 Å². The highest BCUT2D eigenvalue weighted by molar-refractivity contribution is 7.13. The van der Waals surface area contributed by atoms with Crippen molar-refractivity contribution in [3.05, 3.63) is 42.1 Å². The average Bonchev–Trinajstić information content (AvgIpc) is 3.00. The van der Waals surface area contributed by atoms with Crippen LogP contribution in [0.15, 0.2) is 40.8 Å². The van der Waals surface area contributed by atoms with Crippen molar-refractivity contribution in [2.24, 2.45) is 0 Å². The zero-order valence-corrected chi connectivity index (χ0v) is 10.00. The summed E-state index contributed by atoms with van der Waals surface area (Å²) < 4.78 is 5.21. The van der Waals surface area contributed by atoms with Gasteiger partial charge in [0, 0.05) is 11.9 Å². The van der Waals surface area contributed by atoms with Gasteiger partial charge in [0.25, 0.3) is 5.91 Å². The molecule has 5 heteroatoms. The molecule has 88 valence electrons. The van der Waals surface area contributed by atoms with Gasteiger partial charge in [-0.05, 0) is 18.6 Å². The van der Waals surface area contributed by atoms with Crippen LogP contribution in [-0.4, -0.2) is 17.4 Å². The van der Waals surface area contributed by atoms with Crippen LogP contribution in [0.25, 0.3) is 10.8 Å². The largest absolute Gasteiger partial charge is 0.462 e. The van der Waals surface area contributed by atoms with Gasteiger partial charge in [-0.15, -0.1) is 17.9 Å². The van der Waals surface area contributed by atoms with Crippen LogP contribution in [-0.2, 0) is 0 Å². The van der Waals surface area contributed by atoms with Crippen molar-refractivity contribution >= 4 is 17.2 Å². The molecule has 0 atom stereocenters. The Kier molecular flexibility index (Phi) is 3.72. The topological polar surface area (TPSA) is 55.1 Å². The van der Waals surface area contributed by atoms with E-state index in [9.17, 15) is 4.79 Å². The normalized spacial score (nSPS) is 10.1. The van der Waals surface area contributed by atoms with Crippen molar-refractivity contribution in [1.82, 2.24) is 10.3 Å². The van der Waals surface area contributed by atoms with Crippen molar-refractivity contribution < 1.29 is 9.21 Å². The number of carbonyl (C=O) groups is 1. The van der Waals surface area contributed by atoms with E-state index in [4.69, 9.17) is 4.42 Å². The third-order valence-electron chi connectivity index (χ3n) is 2.10. The first-order valence-corrected chi connectivity index (χ1v) is 6.07. The third kappa shape index (κ3) is 2.82. The number of nitrogens with one attached hydrogen (secondary N) is 1. The van der Waals surface area contributed by atoms with Gasteiger partial charge < -0.3 is 9.73 Å². The molecule has 17 heavy (non-hydrogen) atoms. The van der Waals surface area contributed by atoms with Gasteiger partial charge in [0.15, 0.2) is 10.8 Å². The fourth-order valence-corrected chi connectivity index (χ4v) is 2.04. The number of thiazole rings is 1. The summed E-state index contributed by atoms with van der Waals surface area (Å²) in [6.45, 7) is 4.17. The average molecular weight is 248 g/mol. The monoisotopic (exact) mass is 248 g/mol. The summed E-state index contributed by atoms with van der Waals surface area (Å²) in [5.41, 5.74) is 0.422. The zero-order chi connectivity index (χ0) is 12.1. The predicted octanol–water partition coefficient (Wildman–Crippen LogP) is 2.71. The Labute approximate surface area is 103 Å². The number of furan rings is 1. The highest BCUT2D eigenvalue weighted by atomic mass is 32.1. The van der Waals surface area contributed by atoms with Gasteiger partial charge in [0.2, 0.25) is 0 Å². The smallest absolute Gasteiger partial charge is 0.270 e. The molecule has 0 fully saturated rings. The number of hydrogen-bond donors (Lipinski definition) is 1. The summed E-state index contributed by atoms with van der Waals surface area (Å²) in [7, 11) is 0. The standard InChI is InChI=1S/C12H12N2O2S/c1-2-3-6-13-11(15)9-8-17-12(14-9)10-5-4-7-16-10/h2,4-5,7-8H,1,3,6H2,(H,13,15). The van der Waals surface area contributed by atoms with Crippen LogP contribution < -0.4 is 5.32 Å². The van der Waals surface area contributed by atoms with Crippen LogP contribution >= 0.6 is 11.3 Å². The van der Waals surface area contributed by atoms with Crippen molar-refractivity contribution in [3.8, 4) is 10.8 Å². The Morgan fingerprint density at radius 3 is 3.24 bits per heavy atom. The van der Waals surface area contributed by atoms with E-state index in [1.807, 2.05) is 6.07 Å². The van der Waals surface area contributed by atoms with E-state index >= 15 is 0 Å². The third-order valence-corrected chi connectivity index (χ3v) is 2.96. The summed E-state index contributed by atoms with van der Waals surface area (Å²) in [5, 5.41) is 5.20. The summed E-state index contributed by atoms with van der Waals surface area (Å²) in [5.74, 6) is 0.515. The van der Waals surface area contributed by atoms with Crippen molar-refractivity contribution in [1.29, 1.82) is 0 Å². The molecule has 0 unspecified atom stereocenters. The molecule has 1 N–H and O–H groups in total. The lowest BCUT2D eigenvalue weighted by Gasteiger charge is -1.99. The molecule has 1 amide bonds. The van der Waals surface area contributed by atoms with Gasteiger partial charge in [-0.25, -0.2) is 4.98 Å². The number of nitrogens with zero attached hydrogens (tertiary/aromatic N) is 1. The first-order chi connectivity index (χ1) is 8.31. The number of rotatable bonds is 5. The van der Waals surface area contributed by atoms with Crippen LogP contribution in [0.1, 0.15) is 16.9 Å². The summed E-state index contributed by atoms with van der Waals surface area (Å²) in [6, 6.07) is 3.61. The van der Waals surface area contributed by atoms with E-state index in [0.717, 1.165) is 6.42 Å². The molecule has 0 aliphatic carbocycles. The van der Waals surface area contributed by atoms with Gasteiger partial charge in [-0.3, -0.25) is 4.79 Å². The maximum Gasteiger partial charge on any atom is 0.270 e. The summed E-state index contributed by atoms with van der Waals surface area (Å²) >= 11 is 1.39. The molecule has 2 aromatic rings. The van der Waals surface area contributed by atoms with E-state index in [1.165, 1.54) is 11.3 Å². The number of hydrogen-bond acceptors (Lipinski definition) is 4. The van der Waals surface area contributed by atoms with Crippen LogP contribution in [0.3, 0.4) is 0 Å². The quantitative estimate of drug-likeness (QED) is 0.653. The van der Waals surface area contributed by atoms with E-state index in [0.29, 0.717) is 23.0 Å². The lowest BCUT2D eigenvalue weighted by molar-refractivity contribution is 0.0950. The number of aromatic nitrogens is 1. The van der Waals surface area contributed by atoms with Crippen molar-refractivity contribution in [2.75, 3.05) is 6.54 Å². The molecule has 0 aliphatic rings. The maximum absolute atomic E-state index is 11.7. The van der Waals surface area contributed by atoms with Crippen molar-refractivity contribution in [3.63, 3.8) is 0 Å². The molecule has 0 bridgehead atoms. The fourth-order valence-electron chi connectivity index (χ4n) is 1.27. The molecule has 0 aliphatic heterocycles. The lowest BCUT2D eigenvalue weighted by atomic mass is 10.4. The Bertz CT molecular complexity index is 502. The van der Waals surface area contributed by atoms with E-state index < -0.39 is 0 Å². The molecule has 2 heterocycles. The minimum absolute atomic E-state index is 0.166. The molecule has 2 aromatic heterocycles. The van der Waals surface area contributed by atoms with E-state index in [1.54, 1.807) is 23.8 Å². The minimum Gasteiger partial charge on any atom is -0.462 e. The molecule has 0 aromatic carbocycles. The van der Waals surface area contributed by atoms with Crippen LogP contribution in [0.4, 0.5) is 0 Å². The second kappa shape index (κ2) is 5.45. The van der Waals surface area contributed by atoms with E-state index in [-0.39, 0.29) is 5.91 Å². The molecule has 0 spiro atoms. The van der Waals surface area contributed by atoms with Crippen LogP contribution in [0.2, 0.25) is 0 Å². The minimum atomic E-state index is -0.166. The second-order valence-electron chi connectivity index (χ2n) is 3.35. The fraction of sp³-hybridized carbons (Fsp3) is 0.167. The van der Waals surface area contributed by atoms with Crippen molar-refractivity contribution in [2.45, 2.75) is 6.42 Å². The highest BCUT2D eigenvalue weighted by Crippen LogP contribution is 2.23. The maximum atomic E-state index is 11.7. The number of carbonyl (C=O) groups excluding carboxylic acids is 1. The SMILES string of the molecule is C=CCCNC(=O)c1csc(-c2ccco2)n1. The first-order valence-electron chi connectivity index (χ1n) is 5.20. The molecular weight excluding hydrogens is 236 g/mol. The van der Waals surface area contributed by atoms with Gasteiger partial charge in [-0.2, -0.15) is 0 Å². The molecule has 4 nitrogen and oxygen atoms in total. The second-order valence-corrected chi connectivity index (χ2v) is 4.21. The Morgan fingerprint density at radius 2 is 2.53 bits per heavy atom. The Hall–Kier alpha value is -1.88. The van der Waals surface area contributed by atoms with Gasteiger partial charge in [0.05, 0.1) is 6.26 Å². The Morgan fingerprint density at radius 1 is 1.65 bits per heavy atom. The molecular formula is C12H12N2O2S. The molecule has 0 saturated heterocycles. The van der Waals surface area contributed by atoms with Crippen LogP contribution in [0, 0.1) is 0 Å². The number of amides is 1. The Balaban J connectivity index is 2.03. The molecule has 0 radical (unpaired) electrons. The summed E-state index contributed by atoms with van der Waals surface area (Å²) in [4.78, 5) is 15.9. The zero-order valence-electron chi connectivity index (χ0n) is 9.18. The van der Waals surface area contributed by atoms with Crippen LogP contribution in [0.5, 0.6) is 0 Å². The molecule has 0 saturated carbocycles. The molecule has 2 rings (SSSR count). The summed E-state index contributed by atoms with van der Waals surface area (Å²) in [6.07, 6.45) is 4.09. The predicted molar refractivity (Wildman–Crippen MR) is 67.0 cm³/mol. The van der Waals surface area contributed by atoms with Gasteiger partial charge in [0.1, 0.15) is 5.69 Å². The van der Waals surface area contributed by atoms with Gasteiger partial charge >= 0.3 is 0 Å².